The Labute approximate surface area is 167 Å². The average Bonchev–Trinajstić information content (AvgIpc) is 2.64. The summed E-state index contributed by atoms with van der Waals surface area (Å²) in [5.41, 5.74) is 0. The maximum Gasteiger partial charge on any atom is 0.412 e. The van der Waals surface area contributed by atoms with Crippen molar-refractivity contribution >= 4 is 38.9 Å². The lowest BCUT2D eigenvalue weighted by atomic mass is 10.1. The zero-order valence-corrected chi connectivity index (χ0v) is 17.2. The first-order valence-corrected chi connectivity index (χ1v) is 9.98. The normalized spacial score (nSPS) is 10.5. The highest BCUT2D eigenvalue weighted by Gasteiger charge is 2.17. The summed E-state index contributed by atoms with van der Waals surface area (Å²) in [5, 5.41) is 6.93. The molecule has 0 aliphatic carbocycles. The number of fused-ring (bicyclic) bond motifs is 1. The van der Waals surface area contributed by atoms with E-state index in [1.165, 1.54) is 0 Å². The lowest BCUT2D eigenvalue weighted by molar-refractivity contribution is 0.190. The van der Waals surface area contributed by atoms with Crippen molar-refractivity contribution in [2.75, 3.05) is 13.1 Å². The molecule has 146 valence electrons. The van der Waals surface area contributed by atoms with E-state index >= 15 is 0 Å². The second kappa shape index (κ2) is 10.8. The molecule has 7 heteroatoms. The van der Waals surface area contributed by atoms with E-state index in [0.29, 0.717) is 18.5 Å². The van der Waals surface area contributed by atoms with E-state index in [0.717, 1.165) is 35.5 Å². The second-order valence-electron chi connectivity index (χ2n) is 6.10. The van der Waals surface area contributed by atoms with Crippen molar-refractivity contribution in [1.82, 2.24) is 10.6 Å². The molecule has 0 unspecified atom stereocenters. The number of benzene rings is 2. The topological polar surface area (TPSA) is 76.7 Å². The highest BCUT2D eigenvalue weighted by Crippen LogP contribution is 2.37. The van der Waals surface area contributed by atoms with Crippen LogP contribution in [0.2, 0.25) is 0 Å². The number of ether oxygens (including phenoxy) is 2. The molecule has 0 radical (unpaired) electrons. The zero-order valence-electron chi connectivity index (χ0n) is 15.6. The molecule has 0 saturated carbocycles. The Bertz CT molecular complexity index is 795. The molecule has 0 aliphatic heterocycles. The van der Waals surface area contributed by atoms with E-state index in [1.807, 2.05) is 38.1 Å². The van der Waals surface area contributed by atoms with Crippen LogP contribution >= 0.6 is 15.9 Å². The summed E-state index contributed by atoms with van der Waals surface area (Å²) in [7, 11) is 0. The number of carbonyl (C=O) groups excluding carboxylic acids is 2. The van der Waals surface area contributed by atoms with Gasteiger partial charge in [-0.25, -0.2) is 9.59 Å². The minimum atomic E-state index is -0.574. The van der Waals surface area contributed by atoms with Gasteiger partial charge in [-0.05, 0) is 42.5 Å². The van der Waals surface area contributed by atoms with Gasteiger partial charge in [0, 0.05) is 22.9 Å². The quantitative estimate of drug-likeness (QED) is 0.544. The maximum absolute atomic E-state index is 12.1. The summed E-state index contributed by atoms with van der Waals surface area (Å²) in [5.74, 6) is 0.420. The van der Waals surface area contributed by atoms with Crippen LogP contribution in [0.1, 0.15) is 39.5 Å². The highest BCUT2D eigenvalue weighted by molar-refractivity contribution is 9.10. The van der Waals surface area contributed by atoms with Crippen LogP contribution in [0.3, 0.4) is 0 Å². The van der Waals surface area contributed by atoms with Crippen LogP contribution in [0, 0.1) is 0 Å². The molecule has 27 heavy (non-hydrogen) atoms. The van der Waals surface area contributed by atoms with Gasteiger partial charge in [0.05, 0.1) is 0 Å². The van der Waals surface area contributed by atoms with Crippen molar-refractivity contribution in [3.63, 3.8) is 0 Å². The molecule has 0 saturated heterocycles. The first-order chi connectivity index (χ1) is 13.0. The van der Waals surface area contributed by atoms with Gasteiger partial charge in [0.15, 0.2) is 11.5 Å². The molecule has 2 aromatic rings. The molecule has 0 aromatic heterocycles. The summed E-state index contributed by atoms with van der Waals surface area (Å²) in [6.07, 6.45) is 2.52. The van der Waals surface area contributed by atoms with E-state index < -0.39 is 12.2 Å². The summed E-state index contributed by atoms with van der Waals surface area (Å²) in [4.78, 5) is 24.2. The molecule has 0 bridgehead atoms. The summed E-state index contributed by atoms with van der Waals surface area (Å²) in [6, 6.07) is 9.01. The maximum atomic E-state index is 12.1. The van der Waals surface area contributed by atoms with Gasteiger partial charge in [-0.2, -0.15) is 0 Å². The third-order valence-electron chi connectivity index (χ3n) is 3.89. The van der Waals surface area contributed by atoms with Crippen LogP contribution in [-0.2, 0) is 0 Å². The van der Waals surface area contributed by atoms with Gasteiger partial charge in [0.1, 0.15) is 0 Å². The van der Waals surface area contributed by atoms with Gasteiger partial charge >= 0.3 is 12.2 Å². The smallest absolute Gasteiger partial charge is 0.406 e. The van der Waals surface area contributed by atoms with E-state index in [4.69, 9.17) is 9.47 Å². The summed E-state index contributed by atoms with van der Waals surface area (Å²) >= 11 is 3.43. The fourth-order valence-electron chi connectivity index (χ4n) is 2.44. The van der Waals surface area contributed by atoms with Crippen molar-refractivity contribution < 1.29 is 19.1 Å². The Balaban J connectivity index is 2.25. The van der Waals surface area contributed by atoms with Gasteiger partial charge in [0.2, 0.25) is 0 Å². The SMILES string of the molecule is CCCCNC(=O)Oc1ccc2cc(Br)ccc2c1OC(=O)NCCCC. The van der Waals surface area contributed by atoms with Gasteiger partial charge in [-0.3, -0.25) is 0 Å². The zero-order chi connectivity index (χ0) is 19.6. The lowest BCUT2D eigenvalue weighted by Crippen LogP contribution is -2.29. The molecule has 0 fully saturated rings. The van der Waals surface area contributed by atoms with E-state index in [2.05, 4.69) is 26.6 Å². The number of nitrogens with one attached hydrogen (secondary N) is 2. The second-order valence-corrected chi connectivity index (χ2v) is 7.01. The van der Waals surface area contributed by atoms with Crippen LogP contribution in [0.25, 0.3) is 10.8 Å². The third kappa shape index (κ3) is 6.43. The molecule has 2 N–H and O–H groups in total. The van der Waals surface area contributed by atoms with Crippen molar-refractivity contribution in [2.45, 2.75) is 39.5 Å². The number of hydrogen-bond acceptors (Lipinski definition) is 4. The lowest BCUT2D eigenvalue weighted by Gasteiger charge is -2.14. The summed E-state index contributed by atoms with van der Waals surface area (Å²) in [6.45, 7) is 5.14. The first-order valence-electron chi connectivity index (χ1n) is 9.18. The van der Waals surface area contributed by atoms with Crippen molar-refractivity contribution in [3.05, 3.63) is 34.8 Å². The Morgan fingerprint density at radius 3 is 2.19 bits per heavy atom. The van der Waals surface area contributed by atoms with E-state index in [9.17, 15) is 9.59 Å². The number of amides is 2. The molecule has 0 aliphatic rings. The van der Waals surface area contributed by atoms with Crippen molar-refractivity contribution in [1.29, 1.82) is 0 Å². The number of unbranched alkanes of at least 4 members (excludes halogenated alkanes) is 2. The molecule has 0 spiro atoms. The fraction of sp³-hybridized carbons (Fsp3) is 0.400. The van der Waals surface area contributed by atoms with E-state index in [1.54, 1.807) is 6.07 Å². The van der Waals surface area contributed by atoms with Crippen LogP contribution in [0.4, 0.5) is 9.59 Å². The van der Waals surface area contributed by atoms with Crippen LogP contribution in [0.15, 0.2) is 34.8 Å². The molecule has 2 rings (SSSR count). The van der Waals surface area contributed by atoms with Gasteiger partial charge in [0.25, 0.3) is 0 Å². The van der Waals surface area contributed by atoms with Crippen LogP contribution in [-0.4, -0.2) is 25.3 Å². The minimum absolute atomic E-state index is 0.199. The molecule has 0 heterocycles. The molecule has 2 amide bonds. The fourth-order valence-corrected chi connectivity index (χ4v) is 2.82. The Hall–Kier alpha value is -2.28. The number of rotatable bonds is 8. The van der Waals surface area contributed by atoms with Crippen molar-refractivity contribution in [2.24, 2.45) is 0 Å². The number of hydrogen-bond donors (Lipinski definition) is 2. The predicted molar refractivity (Wildman–Crippen MR) is 110 cm³/mol. The van der Waals surface area contributed by atoms with Crippen molar-refractivity contribution in [3.8, 4) is 11.5 Å². The van der Waals surface area contributed by atoms with Gasteiger partial charge < -0.3 is 20.1 Å². The van der Waals surface area contributed by atoms with E-state index in [-0.39, 0.29) is 11.5 Å². The van der Waals surface area contributed by atoms with Gasteiger partial charge in [-0.1, -0.05) is 48.7 Å². The third-order valence-corrected chi connectivity index (χ3v) is 4.39. The Kier molecular flexibility index (Phi) is 8.39. The number of halogens is 1. The first kappa shape index (κ1) is 21.0. The monoisotopic (exact) mass is 436 g/mol. The standard InChI is InChI=1S/C20H25BrN2O4/c1-3-5-11-22-19(24)26-17-10-7-14-13-15(21)8-9-16(14)18(17)27-20(25)23-12-6-4-2/h7-10,13H,3-6,11-12H2,1-2H3,(H,22,24)(H,23,25). The Morgan fingerprint density at radius 2 is 1.56 bits per heavy atom. The average molecular weight is 437 g/mol. The van der Waals surface area contributed by atoms with Gasteiger partial charge in [-0.15, -0.1) is 0 Å². The minimum Gasteiger partial charge on any atom is -0.406 e. The summed E-state index contributed by atoms with van der Waals surface area (Å²) < 4.78 is 11.8. The molecular formula is C20H25BrN2O4. The highest BCUT2D eigenvalue weighted by atomic mass is 79.9. The number of carbonyl (C=O) groups is 2. The predicted octanol–water partition coefficient (Wildman–Crippen LogP) is 5.38. The van der Waals surface area contributed by atoms with Crippen LogP contribution in [0.5, 0.6) is 11.5 Å². The Morgan fingerprint density at radius 1 is 0.926 bits per heavy atom. The largest absolute Gasteiger partial charge is 0.412 e. The van der Waals surface area contributed by atoms with Crippen LogP contribution < -0.4 is 20.1 Å². The molecule has 0 atom stereocenters. The molecule has 6 nitrogen and oxygen atoms in total. The molecular weight excluding hydrogens is 412 g/mol. The molecule has 2 aromatic carbocycles.